The Morgan fingerprint density at radius 1 is 1.42 bits per heavy atom. The Labute approximate surface area is 114 Å². The van der Waals surface area contributed by atoms with Gasteiger partial charge >= 0.3 is 6.03 Å². The van der Waals surface area contributed by atoms with Crippen molar-refractivity contribution in [2.24, 2.45) is 5.92 Å². The molecular weight excluding hydrogens is 240 g/mol. The van der Waals surface area contributed by atoms with Crippen molar-refractivity contribution in [3.8, 4) is 0 Å². The van der Waals surface area contributed by atoms with E-state index in [0.29, 0.717) is 19.0 Å². The molecule has 1 atom stereocenters. The van der Waals surface area contributed by atoms with Gasteiger partial charge in [0, 0.05) is 18.8 Å². The molecule has 2 amide bonds. The van der Waals surface area contributed by atoms with E-state index < -0.39 is 0 Å². The van der Waals surface area contributed by atoms with Crippen LogP contribution in [0.15, 0.2) is 24.3 Å². The number of benzene rings is 1. The van der Waals surface area contributed by atoms with E-state index in [1.807, 2.05) is 43.0 Å². The van der Waals surface area contributed by atoms with Gasteiger partial charge in [-0.1, -0.05) is 12.1 Å². The number of aliphatic hydroxyl groups is 1. The number of hydrogen-bond donors (Lipinski definition) is 2. The van der Waals surface area contributed by atoms with Gasteiger partial charge in [0.15, 0.2) is 0 Å². The lowest BCUT2D eigenvalue weighted by Crippen LogP contribution is -2.42. The van der Waals surface area contributed by atoms with Crippen molar-refractivity contribution in [1.29, 1.82) is 0 Å². The summed E-state index contributed by atoms with van der Waals surface area (Å²) in [6, 6.07) is 7.75. The van der Waals surface area contributed by atoms with Crippen LogP contribution in [0.5, 0.6) is 0 Å². The van der Waals surface area contributed by atoms with Crippen molar-refractivity contribution in [3.05, 3.63) is 29.8 Å². The first-order valence-corrected chi connectivity index (χ1v) is 6.87. The van der Waals surface area contributed by atoms with E-state index in [2.05, 4.69) is 5.32 Å². The quantitative estimate of drug-likeness (QED) is 0.861. The van der Waals surface area contributed by atoms with Crippen LogP contribution in [-0.4, -0.2) is 35.2 Å². The molecule has 0 aromatic heterocycles. The SMILES string of the molecule is Cc1cccc(NC(=O)N2CCC(C(C)O)CC2)c1. The van der Waals surface area contributed by atoms with Crippen LogP contribution >= 0.6 is 0 Å². The van der Waals surface area contributed by atoms with Crippen LogP contribution in [0.4, 0.5) is 10.5 Å². The Morgan fingerprint density at radius 3 is 2.68 bits per heavy atom. The molecule has 0 saturated carbocycles. The largest absolute Gasteiger partial charge is 0.393 e. The number of nitrogens with zero attached hydrogens (tertiary/aromatic N) is 1. The monoisotopic (exact) mass is 262 g/mol. The van der Waals surface area contributed by atoms with Crippen LogP contribution in [-0.2, 0) is 0 Å². The minimum Gasteiger partial charge on any atom is -0.393 e. The molecule has 1 aliphatic heterocycles. The summed E-state index contributed by atoms with van der Waals surface area (Å²) in [5.41, 5.74) is 1.97. The molecule has 104 valence electrons. The maximum absolute atomic E-state index is 12.1. The number of aliphatic hydroxyl groups excluding tert-OH is 1. The van der Waals surface area contributed by atoms with Crippen LogP contribution in [0, 0.1) is 12.8 Å². The molecule has 0 bridgehead atoms. The number of aryl methyl sites for hydroxylation is 1. The highest BCUT2D eigenvalue weighted by Crippen LogP contribution is 2.21. The van der Waals surface area contributed by atoms with Crippen molar-refractivity contribution in [3.63, 3.8) is 0 Å². The molecule has 4 nitrogen and oxygen atoms in total. The van der Waals surface area contributed by atoms with Crippen molar-refractivity contribution < 1.29 is 9.90 Å². The molecule has 0 spiro atoms. The third-order valence-electron chi connectivity index (χ3n) is 3.78. The van der Waals surface area contributed by atoms with Gasteiger partial charge in [0.1, 0.15) is 0 Å². The predicted octanol–water partition coefficient (Wildman–Crippen LogP) is 2.62. The summed E-state index contributed by atoms with van der Waals surface area (Å²) < 4.78 is 0. The molecule has 4 heteroatoms. The fourth-order valence-electron chi connectivity index (χ4n) is 2.51. The maximum atomic E-state index is 12.1. The van der Waals surface area contributed by atoms with Crippen molar-refractivity contribution in [1.82, 2.24) is 4.90 Å². The highest BCUT2D eigenvalue weighted by molar-refractivity contribution is 5.89. The van der Waals surface area contributed by atoms with E-state index >= 15 is 0 Å². The second kappa shape index (κ2) is 6.06. The Kier molecular flexibility index (Phi) is 4.43. The standard InChI is InChI=1S/C15H22N2O2/c1-11-4-3-5-14(10-11)16-15(19)17-8-6-13(7-9-17)12(2)18/h3-5,10,12-13,18H,6-9H2,1-2H3,(H,16,19). The fourth-order valence-corrected chi connectivity index (χ4v) is 2.51. The van der Waals surface area contributed by atoms with E-state index in [1.165, 1.54) is 0 Å². The van der Waals surface area contributed by atoms with Gasteiger partial charge in [-0.25, -0.2) is 4.79 Å². The Hall–Kier alpha value is -1.55. The molecule has 1 aromatic carbocycles. The molecule has 19 heavy (non-hydrogen) atoms. The number of carbonyl (C=O) groups excluding carboxylic acids is 1. The van der Waals surface area contributed by atoms with E-state index in [-0.39, 0.29) is 12.1 Å². The Bertz CT molecular complexity index is 438. The van der Waals surface area contributed by atoms with Crippen molar-refractivity contribution in [2.45, 2.75) is 32.8 Å². The smallest absolute Gasteiger partial charge is 0.321 e. The zero-order valence-corrected chi connectivity index (χ0v) is 11.6. The van der Waals surface area contributed by atoms with Crippen LogP contribution in [0.25, 0.3) is 0 Å². The normalized spacial score (nSPS) is 18.2. The van der Waals surface area contributed by atoms with Crippen LogP contribution in [0.2, 0.25) is 0 Å². The zero-order chi connectivity index (χ0) is 13.8. The van der Waals surface area contributed by atoms with Crippen molar-refractivity contribution >= 4 is 11.7 Å². The predicted molar refractivity (Wildman–Crippen MR) is 76.2 cm³/mol. The molecule has 2 rings (SSSR count). The zero-order valence-electron chi connectivity index (χ0n) is 11.6. The molecule has 1 aromatic rings. The molecule has 1 fully saturated rings. The molecule has 2 N–H and O–H groups in total. The van der Waals surface area contributed by atoms with E-state index in [9.17, 15) is 9.90 Å². The third kappa shape index (κ3) is 3.70. The number of urea groups is 1. The topological polar surface area (TPSA) is 52.6 Å². The summed E-state index contributed by atoms with van der Waals surface area (Å²) in [5.74, 6) is 0.322. The summed E-state index contributed by atoms with van der Waals surface area (Å²) in [6.07, 6.45) is 1.47. The van der Waals surface area contributed by atoms with Gasteiger partial charge in [0.2, 0.25) is 0 Å². The van der Waals surface area contributed by atoms with Gasteiger partial charge < -0.3 is 15.3 Å². The van der Waals surface area contributed by atoms with Gasteiger partial charge in [-0.2, -0.15) is 0 Å². The number of nitrogens with one attached hydrogen (secondary N) is 1. The number of hydrogen-bond acceptors (Lipinski definition) is 2. The second-order valence-electron chi connectivity index (χ2n) is 5.36. The average molecular weight is 262 g/mol. The molecule has 1 heterocycles. The van der Waals surface area contributed by atoms with Crippen LogP contribution < -0.4 is 5.32 Å². The summed E-state index contributed by atoms with van der Waals surface area (Å²) in [7, 11) is 0. The first-order valence-electron chi connectivity index (χ1n) is 6.87. The van der Waals surface area contributed by atoms with Gasteiger partial charge in [0.25, 0.3) is 0 Å². The minimum absolute atomic E-state index is 0.0466. The molecule has 1 unspecified atom stereocenters. The molecule has 1 aliphatic rings. The molecular formula is C15H22N2O2. The lowest BCUT2D eigenvalue weighted by Gasteiger charge is -2.33. The van der Waals surface area contributed by atoms with Gasteiger partial charge in [-0.3, -0.25) is 0 Å². The lowest BCUT2D eigenvalue weighted by atomic mass is 9.92. The number of carbonyl (C=O) groups is 1. The van der Waals surface area contributed by atoms with E-state index in [4.69, 9.17) is 0 Å². The van der Waals surface area contributed by atoms with Crippen LogP contribution in [0.1, 0.15) is 25.3 Å². The summed E-state index contributed by atoms with van der Waals surface area (Å²) in [5, 5.41) is 12.5. The fraction of sp³-hybridized carbons (Fsp3) is 0.533. The number of amides is 2. The number of piperidine rings is 1. The third-order valence-corrected chi connectivity index (χ3v) is 3.78. The molecule has 0 aliphatic carbocycles. The number of anilines is 1. The number of rotatable bonds is 2. The first kappa shape index (κ1) is 13.9. The highest BCUT2D eigenvalue weighted by Gasteiger charge is 2.25. The van der Waals surface area contributed by atoms with Crippen LogP contribution in [0.3, 0.4) is 0 Å². The second-order valence-corrected chi connectivity index (χ2v) is 5.36. The molecule has 1 saturated heterocycles. The molecule has 0 radical (unpaired) electrons. The summed E-state index contributed by atoms with van der Waals surface area (Å²) in [6.45, 7) is 5.26. The van der Waals surface area contributed by atoms with Crippen molar-refractivity contribution in [2.75, 3.05) is 18.4 Å². The van der Waals surface area contributed by atoms with Gasteiger partial charge in [-0.15, -0.1) is 0 Å². The maximum Gasteiger partial charge on any atom is 0.321 e. The summed E-state index contributed by atoms with van der Waals surface area (Å²) in [4.78, 5) is 13.9. The number of likely N-dealkylation sites (tertiary alicyclic amines) is 1. The highest BCUT2D eigenvalue weighted by atomic mass is 16.3. The lowest BCUT2D eigenvalue weighted by molar-refractivity contribution is 0.0820. The average Bonchev–Trinajstić information content (AvgIpc) is 2.39. The van der Waals surface area contributed by atoms with Gasteiger partial charge in [-0.05, 0) is 50.3 Å². The van der Waals surface area contributed by atoms with E-state index in [0.717, 1.165) is 24.1 Å². The van der Waals surface area contributed by atoms with E-state index in [1.54, 1.807) is 0 Å². The van der Waals surface area contributed by atoms with Gasteiger partial charge in [0.05, 0.1) is 6.10 Å². The Morgan fingerprint density at radius 2 is 2.11 bits per heavy atom. The minimum atomic E-state index is -0.276. The summed E-state index contributed by atoms with van der Waals surface area (Å²) >= 11 is 0. The first-order chi connectivity index (χ1) is 9.06. The Balaban J connectivity index is 1.88.